The van der Waals surface area contributed by atoms with E-state index in [0.717, 1.165) is 50.3 Å². The molecule has 5 nitrogen and oxygen atoms in total. The van der Waals surface area contributed by atoms with Gasteiger partial charge in [-0.25, -0.2) is 0 Å². The number of unbranched alkanes of at least 4 members (excludes halogenated alkanes) is 1. The van der Waals surface area contributed by atoms with Crippen LogP contribution in [0.1, 0.15) is 50.8 Å². The molecule has 1 aromatic heterocycles. The van der Waals surface area contributed by atoms with Crippen molar-refractivity contribution in [1.82, 2.24) is 9.80 Å². The van der Waals surface area contributed by atoms with Gasteiger partial charge in [0.15, 0.2) is 0 Å². The molecule has 148 valence electrons. The second-order valence-electron chi connectivity index (χ2n) is 7.45. The number of amides is 2. The van der Waals surface area contributed by atoms with Crippen molar-refractivity contribution in [2.24, 2.45) is 5.92 Å². The van der Waals surface area contributed by atoms with Crippen molar-refractivity contribution in [2.75, 3.05) is 32.8 Å². The first-order chi connectivity index (χ1) is 13.1. The predicted octanol–water partition coefficient (Wildman–Crippen LogP) is 3.77. The van der Waals surface area contributed by atoms with Gasteiger partial charge in [-0.05, 0) is 43.0 Å². The summed E-state index contributed by atoms with van der Waals surface area (Å²) in [6.45, 7) is 7.82. The van der Waals surface area contributed by atoms with Gasteiger partial charge < -0.3 is 9.64 Å². The molecule has 1 saturated heterocycles. The third-order valence-electron chi connectivity index (χ3n) is 5.32. The topological polar surface area (TPSA) is 49.9 Å². The molecule has 2 amide bonds. The summed E-state index contributed by atoms with van der Waals surface area (Å²) in [6.07, 6.45) is 4.96. The normalized spacial score (nSPS) is 18.9. The molecule has 2 aliphatic rings. The predicted molar refractivity (Wildman–Crippen MR) is 108 cm³/mol. The number of piperidine rings is 1. The van der Waals surface area contributed by atoms with E-state index in [1.54, 1.807) is 0 Å². The van der Waals surface area contributed by atoms with Gasteiger partial charge in [-0.2, -0.15) is 0 Å². The first kappa shape index (κ1) is 20.1. The number of rotatable bonds is 9. The van der Waals surface area contributed by atoms with Gasteiger partial charge >= 0.3 is 0 Å². The van der Waals surface area contributed by atoms with Gasteiger partial charge in [0.25, 0.3) is 11.8 Å². The molecule has 0 bridgehead atoms. The van der Waals surface area contributed by atoms with Crippen molar-refractivity contribution in [1.29, 1.82) is 0 Å². The summed E-state index contributed by atoms with van der Waals surface area (Å²) in [6, 6.07) is 3.87. The number of carbonyl (C=O) groups is 2. The summed E-state index contributed by atoms with van der Waals surface area (Å²) < 4.78 is 5.59. The van der Waals surface area contributed by atoms with Crippen LogP contribution in [0.3, 0.4) is 0 Å². The average molecular weight is 391 g/mol. The number of nitrogens with zero attached hydrogens (tertiary/aromatic N) is 2. The summed E-state index contributed by atoms with van der Waals surface area (Å²) in [5.41, 5.74) is 1.21. The van der Waals surface area contributed by atoms with E-state index < -0.39 is 0 Å². The quantitative estimate of drug-likeness (QED) is 0.476. The van der Waals surface area contributed by atoms with Crippen molar-refractivity contribution >= 4 is 28.7 Å². The third-order valence-corrected chi connectivity index (χ3v) is 6.21. The molecule has 2 aliphatic heterocycles. The first-order valence-electron chi connectivity index (χ1n) is 10.1. The van der Waals surface area contributed by atoms with Crippen LogP contribution < -0.4 is 0 Å². The minimum absolute atomic E-state index is 0.133. The molecule has 3 heterocycles. The summed E-state index contributed by atoms with van der Waals surface area (Å²) in [5, 5.41) is 1.96. The lowest BCUT2D eigenvalue weighted by Crippen LogP contribution is -2.39. The number of hydrogen-bond acceptors (Lipinski definition) is 5. The maximum absolute atomic E-state index is 13.1. The second-order valence-corrected chi connectivity index (χ2v) is 8.40. The second kappa shape index (κ2) is 9.51. The van der Waals surface area contributed by atoms with E-state index in [4.69, 9.17) is 4.74 Å². The highest BCUT2D eigenvalue weighted by atomic mass is 32.1. The zero-order chi connectivity index (χ0) is 19.2. The van der Waals surface area contributed by atoms with Gasteiger partial charge in [0.2, 0.25) is 0 Å². The number of imide groups is 1. The maximum atomic E-state index is 13.1. The smallest absolute Gasteiger partial charge is 0.277 e. The Morgan fingerprint density at radius 1 is 1.15 bits per heavy atom. The van der Waals surface area contributed by atoms with E-state index >= 15 is 0 Å². The monoisotopic (exact) mass is 390 g/mol. The first-order valence-corrected chi connectivity index (χ1v) is 11.0. The lowest BCUT2D eigenvalue weighted by molar-refractivity contribution is -0.137. The number of ether oxygens (including phenoxy) is 1. The van der Waals surface area contributed by atoms with Crippen LogP contribution in [-0.2, 0) is 14.3 Å². The Bertz CT molecular complexity index is 676. The van der Waals surface area contributed by atoms with Crippen molar-refractivity contribution in [2.45, 2.75) is 46.0 Å². The fourth-order valence-corrected chi connectivity index (χ4v) is 4.37. The number of thiophene rings is 1. The van der Waals surface area contributed by atoms with Gasteiger partial charge in [0, 0.05) is 37.7 Å². The van der Waals surface area contributed by atoms with Crippen LogP contribution in [0.15, 0.2) is 23.2 Å². The van der Waals surface area contributed by atoms with Crippen molar-refractivity contribution < 1.29 is 14.3 Å². The van der Waals surface area contributed by atoms with E-state index in [1.165, 1.54) is 16.2 Å². The van der Waals surface area contributed by atoms with Gasteiger partial charge in [-0.1, -0.05) is 26.3 Å². The van der Waals surface area contributed by atoms with Gasteiger partial charge in [-0.15, -0.1) is 11.3 Å². The van der Waals surface area contributed by atoms with Crippen molar-refractivity contribution in [3.8, 4) is 0 Å². The molecule has 6 heteroatoms. The molecule has 1 fully saturated rings. The Labute approximate surface area is 166 Å². The standard InChI is InChI=1S/C21H30N2O3S/c1-3-4-13-26-14-6-10-23-20(24)18(17-7-5-15-27-17)19(21(23)25)22-11-8-16(2)9-12-22/h5,7,15-16H,3-4,6,8-14H2,1-2H3. The summed E-state index contributed by atoms with van der Waals surface area (Å²) in [4.78, 5) is 30.7. The molecule has 0 radical (unpaired) electrons. The highest BCUT2D eigenvalue weighted by Crippen LogP contribution is 2.35. The maximum Gasteiger partial charge on any atom is 0.277 e. The highest BCUT2D eigenvalue weighted by molar-refractivity contribution is 7.11. The molecule has 0 aliphatic carbocycles. The minimum Gasteiger partial charge on any atom is -0.381 e. The third kappa shape index (κ3) is 4.61. The SMILES string of the molecule is CCCCOCCCN1C(=O)C(c2cccs2)=C(N2CCC(C)CC2)C1=O. The lowest BCUT2D eigenvalue weighted by Gasteiger charge is -2.32. The van der Waals surface area contributed by atoms with Crippen LogP contribution in [0.5, 0.6) is 0 Å². The van der Waals surface area contributed by atoms with Crippen molar-refractivity contribution in [3.63, 3.8) is 0 Å². The highest BCUT2D eigenvalue weighted by Gasteiger charge is 2.42. The Kier molecular flexibility index (Phi) is 7.07. The lowest BCUT2D eigenvalue weighted by atomic mass is 9.98. The fourth-order valence-electron chi connectivity index (χ4n) is 3.61. The zero-order valence-electron chi connectivity index (χ0n) is 16.4. The Balaban J connectivity index is 1.72. The van der Waals surface area contributed by atoms with Crippen LogP contribution in [0.2, 0.25) is 0 Å². The Hall–Kier alpha value is -1.66. The van der Waals surface area contributed by atoms with Crippen LogP contribution in [0.25, 0.3) is 5.57 Å². The molecule has 0 saturated carbocycles. The molecule has 0 atom stereocenters. The van der Waals surface area contributed by atoms with E-state index in [0.29, 0.717) is 36.8 Å². The van der Waals surface area contributed by atoms with Gasteiger partial charge in [0.1, 0.15) is 5.70 Å². The number of hydrogen-bond donors (Lipinski definition) is 0. The molecule has 1 aromatic rings. The van der Waals surface area contributed by atoms with E-state index in [9.17, 15) is 9.59 Å². The molecule has 0 N–H and O–H groups in total. The molecular weight excluding hydrogens is 360 g/mol. The summed E-state index contributed by atoms with van der Waals surface area (Å²) in [7, 11) is 0. The van der Waals surface area contributed by atoms with Crippen LogP contribution in [-0.4, -0.2) is 54.5 Å². The molecule has 3 rings (SSSR count). The molecule has 27 heavy (non-hydrogen) atoms. The van der Waals surface area contributed by atoms with E-state index in [-0.39, 0.29) is 11.8 Å². The summed E-state index contributed by atoms with van der Waals surface area (Å²) >= 11 is 1.52. The number of likely N-dealkylation sites (tertiary alicyclic amines) is 1. The van der Waals surface area contributed by atoms with Gasteiger partial charge in [-0.3, -0.25) is 14.5 Å². The zero-order valence-corrected chi connectivity index (χ0v) is 17.2. The average Bonchev–Trinajstić information content (AvgIpc) is 3.27. The van der Waals surface area contributed by atoms with E-state index in [2.05, 4.69) is 18.7 Å². The van der Waals surface area contributed by atoms with Crippen LogP contribution in [0.4, 0.5) is 0 Å². The van der Waals surface area contributed by atoms with Gasteiger partial charge in [0.05, 0.1) is 5.57 Å². The van der Waals surface area contributed by atoms with E-state index in [1.807, 2.05) is 17.5 Å². The minimum atomic E-state index is -0.148. The largest absolute Gasteiger partial charge is 0.381 e. The van der Waals surface area contributed by atoms with Crippen molar-refractivity contribution in [3.05, 3.63) is 28.1 Å². The molecule has 0 unspecified atom stereocenters. The fraction of sp³-hybridized carbons (Fsp3) is 0.619. The molecular formula is C21H30N2O3S. The summed E-state index contributed by atoms with van der Waals surface area (Å²) in [5.74, 6) is 0.395. The Morgan fingerprint density at radius 3 is 2.56 bits per heavy atom. The number of carbonyl (C=O) groups excluding carboxylic acids is 2. The molecule has 0 aromatic carbocycles. The van der Waals surface area contributed by atoms with Crippen LogP contribution in [0, 0.1) is 5.92 Å². The molecule has 0 spiro atoms. The van der Waals surface area contributed by atoms with Crippen LogP contribution >= 0.6 is 11.3 Å². The Morgan fingerprint density at radius 2 is 1.89 bits per heavy atom.